The lowest BCUT2D eigenvalue weighted by Gasteiger charge is -2.32. The first-order valence-corrected chi connectivity index (χ1v) is 11.8. The van der Waals surface area contributed by atoms with Gasteiger partial charge in [-0.2, -0.15) is 0 Å². The van der Waals surface area contributed by atoms with Gasteiger partial charge in [-0.1, -0.05) is 6.07 Å². The fourth-order valence-corrected chi connectivity index (χ4v) is 5.41. The predicted octanol–water partition coefficient (Wildman–Crippen LogP) is 5.31. The van der Waals surface area contributed by atoms with Crippen molar-refractivity contribution in [1.82, 2.24) is 19.4 Å². The van der Waals surface area contributed by atoms with Gasteiger partial charge >= 0.3 is 0 Å². The molecule has 0 fully saturated rings. The molecule has 1 atom stereocenters. The molecule has 1 unspecified atom stereocenters. The van der Waals surface area contributed by atoms with E-state index in [0.29, 0.717) is 6.04 Å². The highest BCUT2D eigenvalue weighted by atomic mass is 19.1. The molecule has 4 heterocycles. The Bertz CT molecular complexity index is 1320. The summed E-state index contributed by atoms with van der Waals surface area (Å²) in [6, 6.07) is 17.5. The number of imidazole rings is 1. The Kier molecular flexibility index (Phi) is 5.38. The Hall–Kier alpha value is -3.51. The van der Waals surface area contributed by atoms with Crippen LogP contribution in [0.2, 0.25) is 0 Å². The summed E-state index contributed by atoms with van der Waals surface area (Å²) >= 11 is 0. The van der Waals surface area contributed by atoms with Crippen molar-refractivity contribution < 1.29 is 9.13 Å². The number of methoxy groups -OCH3 is 1. The fourth-order valence-electron chi connectivity index (χ4n) is 5.41. The second kappa shape index (κ2) is 8.69. The van der Waals surface area contributed by atoms with E-state index in [4.69, 9.17) is 9.72 Å². The summed E-state index contributed by atoms with van der Waals surface area (Å²) in [5.74, 6) is 1.79. The number of benzene rings is 2. The van der Waals surface area contributed by atoms with Crippen LogP contribution in [-0.2, 0) is 19.4 Å². The van der Waals surface area contributed by atoms with Crippen LogP contribution in [0.3, 0.4) is 0 Å². The first kappa shape index (κ1) is 21.1. The Morgan fingerprint density at radius 1 is 0.971 bits per heavy atom. The zero-order chi connectivity index (χ0) is 23.1. The molecular formula is C28H27FN4O. The number of hydrogen-bond acceptors (Lipinski definition) is 4. The molecule has 2 aliphatic rings. The van der Waals surface area contributed by atoms with Gasteiger partial charge in [0.1, 0.15) is 17.4 Å². The number of nitrogens with zero attached hydrogens (tertiary/aromatic N) is 4. The Balaban J connectivity index is 1.35. The maximum atomic E-state index is 13.6. The second-order valence-corrected chi connectivity index (χ2v) is 9.15. The van der Waals surface area contributed by atoms with E-state index < -0.39 is 0 Å². The molecule has 0 bridgehead atoms. The third kappa shape index (κ3) is 3.78. The van der Waals surface area contributed by atoms with Crippen molar-refractivity contribution in [2.75, 3.05) is 20.2 Å². The van der Waals surface area contributed by atoms with Crippen LogP contribution in [0.5, 0.6) is 5.75 Å². The highest BCUT2D eigenvalue weighted by Gasteiger charge is 2.32. The Morgan fingerprint density at radius 2 is 1.79 bits per heavy atom. The predicted molar refractivity (Wildman–Crippen MR) is 130 cm³/mol. The van der Waals surface area contributed by atoms with E-state index in [0.717, 1.165) is 73.0 Å². The van der Waals surface area contributed by atoms with Gasteiger partial charge in [0.05, 0.1) is 18.5 Å². The van der Waals surface area contributed by atoms with Crippen molar-refractivity contribution in [3.63, 3.8) is 0 Å². The molecule has 2 aromatic heterocycles. The molecule has 6 heteroatoms. The molecule has 0 amide bonds. The lowest BCUT2D eigenvalue weighted by Crippen LogP contribution is -2.34. The van der Waals surface area contributed by atoms with Crippen LogP contribution in [0.15, 0.2) is 67.0 Å². The van der Waals surface area contributed by atoms with E-state index in [9.17, 15) is 4.39 Å². The highest BCUT2D eigenvalue weighted by Crippen LogP contribution is 2.40. The second-order valence-electron chi connectivity index (χ2n) is 9.15. The fraction of sp³-hybridized carbons (Fsp3) is 0.286. The molecular weight excluding hydrogens is 427 g/mol. The monoisotopic (exact) mass is 454 g/mol. The van der Waals surface area contributed by atoms with E-state index in [2.05, 4.69) is 32.7 Å². The van der Waals surface area contributed by atoms with Crippen LogP contribution in [0.1, 0.15) is 29.4 Å². The summed E-state index contributed by atoms with van der Waals surface area (Å²) in [5, 5.41) is 0. The molecule has 0 saturated carbocycles. The maximum absolute atomic E-state index is 13.6. The van der Waals surface area contributed by atoms with E-state index >= 15 is 0 Å². The third-order valence-corrected chi connectivity index (χ3v) is 7.10. The summed E-state index contributed by atoms with van der Waals surface area (Å²) in [4.78, 5) is 11.8. The number of rotatable bonds is 5. The van der Waals surface area contributed by atoms with Gasteiger partial charge < -0.3 is 9.30 Å². The van der Waals surface area contributed by atoms with Crippen LogP contribution in [0.25, 0.3) is 22.5 Å². The lowest BCUT2D eigenvalue weighted by molar-refractivity contribution is 0.217. The summed E-state index contributed by atoms with van der Waals surface area (Å²) in [6.45, 7) is 2.96. The number of aryl methyl sites for hydroxylation is 1. The van der Waals surface area contributed by atoms with Crippen LogP contribution in [0.4, 0.5) is 4.39 Å². The van der Waals surface area contributed by atoms with Crippen molar-refractivity contribution in [2.45, 2.75) is 31.8 Å². The van der Waals surface area contributed by atoms with Crippen LogP contribution in [-0.4, -0.2) is 39.6 Å². The van der Waals surface area contributed by atoms with Crippen LogP contribution < -0.4 is 4.74 Å². The standard InChI is InChI=1S/C28H27FN4O/c1-34-25-8-4-19-12-15-32(17-22(19)16-25)18-24-7-9-26-31-27(20-2-5-23(29)6-3-20)28(33(24)26)21-10-13-30-14-11-21/h2-6,8,10-11,13-14,16,24H,7,9,12,15,17-18H2,1H3. The topological polar surface area (TPSA) is 43.2 Å². The minimum atomic E-state index is -0.235. The zero-order valence-electron chi connectivity index (χ0n) is 19.2. The molecule has 0 radical (unpaired) electrons. The average Bonchev–Trinajstić information content (AvgIpc) is 3.44. The van der Waals surface area contributed by atoms with E-state index in [1.165, 1.54) is 23.3 Å². The minimum Gasteiger partial charge on any atom is -0.497 e. The first-order chi connectivity index (χ1) is 16.7. The molecule has 5 nitrogen and oxygen atoms in total. The van der Waals surface area contributed by atoms with Gasteiger partial charge in [0.25, 0.3) is 0 Å². The maximum Gasteiger partial charge on any atom is 0.123 e. The summed E-state index contributed by atoms with van der Waals surface area (Å²) in [6.07, 6.45) is 6.72. The number of hydrogen-bond donors (Lipinski definition) is 0. The van der Waals surface area contributed by atoms with Crippen molar-refractivity contribution >= 4 is 0 Å². The largest absolute Gasteiger partial charge is 0.497 e. The number of fused-ring (bicyclic) bond motifs is 2. The van der Waals surface area contributed by atoms with Gasteiger partial charge in [-0.25, -0.2) is 9.37 Å². The SMILES string of the molecule is COc1ccc2c(c1)CN(CC1CCc3nc(-c4ccc(F)cc4)c(-c4ccncc4)n31)CC2. The average molecular weight is 455 g/mol. The smallest absolute Gasteiger partial charge is 0.123 e. The Morgan fingerprint density at radius 3 is 2.59 bits per heavy atom. The molecule has 4 aromatic rings. The number of ether oxygens (including phenoxy) is 1. The van der Waals surface area contributed by atoms with E-state index in [1.807, 2.05) is 36.7 Å². The summed E-state index contributed by atoms with van der Waals surface area (Å²) in [7, 11) is 1.72. The molecule has 2 aliphatic heterocycles. The molecule has 0 saturated heterocycles. The van der Waals surface area contributed by atoms with Gasteiger partial charge in [-0.05, 0) is 72.5 Å². The molecule has 0 aliphatic carbocycles. The van der Waals surface area contributed by atoms with Crippen LogP contribution in [0, 0.1) is 5.82 Å². The first-order valence-electron chi connectivity index (χ1n) is 11.8. The summed E-state index contributed by atoms with van der Waals surface area (Å²) < 4.78 is 21.5. The molecule has 0 N–H and O–H groups in total. The molecule has 172 valence electrons. The normalized spacial score (nSPS) is 17.4. The number of aromatic nitrogens is 3. The van der Waals surface area contributed by atoms with Gasteiger partial charge in [0, 0.05) is 55.6 Å². The molecule has 0 spiro atoms. The zero-order valence-corrected chi connectivity index (χ0v) is 19.2. The minimum absolute atomic E-state index is 0.235. The van der Waals surface area contributed by atoms with E-state index in [-0.39, 0.29) is 5.82 Å². The molecule has 34 heavy (non-hydrogen) atoms. The quantitative estimate of drug-likeness (QED) is 0.410. The Labute approximate surface area is 198 Å². The van der Waals surface area contributed by atoms with Crippen molar-refractivity contribution in [3.05, 3.63) is 89.8 Å². The highest BCUT2D eigenvalue weighted by molar-refractivity contribution is 5.79. The van der Waals surface area contributed by atoms with Crippen molar-refractivity contribution in [1.29, 1.82) is 0 Å². The van der Waals surface area contributed by atoms with Crippen molar-refractivity contribution in [2.24, 2.45) is 0 Å². The van der Waals surface area contributed by atoms with Gasteiger partial charge in [-0.15, -0.1) is 0 Å². The van der Waals surface area contributed by atoms with Gasteiger partial charge in [0.2, 0.25) is 0 Å². The molecule has 6 rings (SSSR count). The van der Waals surface area contributed by atoms with Crippen LogP contribution >= 0.6 is 0 Å². The summed E-state index contributed by atoms with van der Waals surface area (Å²) in [5.41, 5.74) is 6.82. The van der Waals surface area contributed by atoms with E-state index in [1.54, 1.807) is 7.11 Å². The number of halogens is 1. The lowest BCUT2D eigenvalue weighted by atomic mass is 9.98. The molecule has 2 aromatic carbocycles. The van der Waals surface area contributed by atoms with Gasteiger partial charge in [0.15, 0.2) is 0 Å². The number of pyridine rings is 1. The van der Waals surface area contributed by atoms with Gasteiger partial charge in [-0.3, -0.25) is 9.88 Å². The van der Waals surface area contributed by atoms with Crippen molar-refractivity contribution in [3.8, 4) is 28.3 Å². The third-order valence-electron chi connectivity index (χ3n) is 7.10.